The maximum atomic E-state index is 12.8. The molecule has 5 heteroatoms. The van der Waals surface area contributed by atoms with Gasteiger partial charge in [-0.1, -0.05) is 41.5 Å². The summed E-state index contributed by atoms with van der Waals surface area (Å²) in [6.07, 6.45) is 6.61. The number of aliphatic hydroxyl groups excluding tert-OH is 3. The van der Waals surface area contributed by atoms with Gasteiger partial charge in [0.1, 0.15) is 0 Å². The lowest BCUT2D eigenvalue weighted by molar-refractivity contribution is -0.276. The highest BCUT2D eigenvalue weighted by Crippen LogP contribution is 2.77. The SMILES string of the molecule is C[C@@H]1CC[C@]2(C(=O)O)CC[C@]3(C)C(CCC4[C@@]5(C)C[C@@H](O)[C@H](O)[C@@](C)(CO)C5CC[C@]43C)C2[C@H]1C. The van der Waals surface area contributed by atoms with Gasteiger partial charge in [0.25, 0.3) is 0 Å². The lowest BCUT2D eigenvalue weighted by Crippen LogP contribution is -2.70. The summed E-state index contributed by atoms with van der Waals surface area (Å²) in [5.74, 6) is 1.63. The Bertz CT molecular complexity index is 875. The van der Waals surface area contributed by atoms with Crippen molar-refractivity contribution in [3.05, 3.63) is 0 Å². The summed E-state index contributed by atoms with van der Waals surface area (Å²) in [5.41, 5.74) is -1.28. The number of fused-ring (bicyclic) bond motifs is 7. The molecule has 35 heavy (non-hydrogen) atoms. The molecule has 0 bridgehead atoms. The van der Waals surface area contributed by atoms with Gasteiger partial charge in [-0.05, 0) is 110 Å². The number of aliphatic hydroxyl groups is 3. The van der Waals surface area contributed by atoms with Crippen LogP contribution in [0.15, 0.2) is 0 Å². The molecule has 0 aromatic carbocycles. The van der Waals surface area contributed by atoms with Crippen LogP contribution in [0.5, 0.6) is 0 Å². The van der Waals surface area contributed by atoms with Crippen molar-refractivity contribution in [2.45, 2.75) is 112 Å². The Morgan fingerprint density at radius 3 is 2.17 bits per heavy atom. The van der Waals surface area contributed by atoms with Gasteiger partial charge in [0, 0.05) is 5.41 Å². The third-order valence-corrected chi connectivity index (χ3v) is 14.1. The lowest BCUT2D eigenvalue weighted by Gasteiger charge is -2.74. The Labute approximate surface area is 212 Å². The van der Waals surface area contributed by atoms with E-state index in [-0.39, 0.29) is 34.7 Å². The first-order chi connectivity index (χ1) is 16.2. The number of carboxylic acids is 1. The zero-order chi connectivity index (χ0) is 25.8. The van der Waals surface area contributed by atoms with Gasteiger partial charge in [0.2, 0.25) is 0 Å². The Balaban J connectivity index is 1.57. The van der Waals surface area contributed by atoms with E-state index in [4.69, 9.17) is 0 Å². The second-order valence-electron chi connectivity index (χ2n) is 14.9. The number of rotatable bonds is 2. The van der Waals surface area contributed by atoms with E-state index in [9.17, 15) is 25.2 Å². The zero-order valence-corrected chi connectivity index (χ0v) is 22.9. The van der Waals surface area contributed by atoms with Crippen molar-refractivity contribution in [1.82, 2.24) is 0 Å². The predicted molar refractivity (Wildman–Crippen MR) is 135 cm³/mol. The molecule has 200 valence electrons. The molecule has 0 saturated heterocycles. The number of aliphatic carboxylic acids is 1. The number of hydrogen-bond acceptors (Lipinski definition) is 4. The Morgan fingerprint density at radius 2 is 1.54 bits per heavy atom. The van der Waals surface area contributed by atoms with Gasteiger partial charge < -0.3 is 20.4 Å². The quantitative estimate of drug-likeness (QED) is 0.431. The number of carbonyl (C=O) groups is 1. The second kappa shape index (κ2) is 7.93. The molecule has 5 aliphatic carbocycles. The highest BCUT2D eigenvalue weighted by molar-refractivity contribution is 5.75. The number of hydrogen-bond donors (Lipinski definition) is 4. The Kier molecular flexibility index (Phi) is 5.88. The van der Waals surface area contributed by atoms with Crippen molar-refractivity contribution in [2.75, 3.05) is 6.61 Å². The molecule has 0 amide bonds. The van der Waals surface area contributed by atoms with Crippen LogP contribution in [0.3, 0.4) is 0 Å². The fraction of sp³-hybridized carbons (Fsp3) is 0.967. The molecular formula is C30H50O5. The Hall–Kier alpha value is -0.650. The number of carboxylic acid groups (broad SMARTS) is 1. The molecule has 5 aliphatic rings. The normalized spacial score (nSPS) is 60.0. The van der Waals surface area contributed by atoms with Gasteiger partial charge in [0.15, 0.2) is 0 Å². The average Bonchev–Trinajstić information content (AvgIpc) is 2.80. The minimum atomic E-state index is -0.891. The maximum absolute atomic E-state index is 12.8. The minimum absolute atomic E-state index is 0.0601. The fourth-order valence-corrected chi connectivity index (χ4v) is 11.8. The fourth-order valence-electron chi connectivity index (χ4n) is 11.8. The van der Waals surface area contributed by atoms with E-state index in [1.165, 1.54) is 0 Å². The van der Waals surface area contributed by atoms with Crippen molar-refractivity contribution in [1.29, 1.82) is 0 Å². The Morgan fingerprint density at radius 1 is 0.857 bits per heavy atom. The highest BCUT2D eigenvalue weighted by Gasteiger charge is 2.72. The summed E-state index contributed by atoms with van der Waals surface area (Å²) in [7, 11) is 0. The minimum Gasteiger partial charge on any atom is -0.481 e. The molecule has 0 aromatic heterocycles. The molecule has 0 radical (unpaired) electrons. The van der Waals surface area contributed by atoms with Crippen LogP contribution in [0.4, 0.5) is 0 Å². The summed E-state index contributed by atoms with van der Waals surface area (Å²) in [4.78, 5) is 12.8. The molecule has 4 unspecified atom stereocenters. The first-order valence-corrected chi connectivity index (χ1v) is 14.4. The summed E-state index contributed by atoms with van der Waals surface area (Å²) >= 11 is 0. The molecule has 0 spiro atoms. The van der Waals surface area contributed by atoms with E-state index in [0.717, 1.165) is 51.4 Å². The molecule has 13 atom stereocenters. The van der Waals surface area contributed by atoms with E-state index >= 15 is 0 Å². The predicted octanol–water partition coefficient (Wildman–Crippen LogP) is 5.11. The van der Waals surface area contributed by atoms with Gasteiger partial charge in [-0.25, -0.2) is 0 Å². The first-order valence-electron chi connectivity index (χ1n) is 14.4. The van der Waals surface area contributed by atoms with E-state index in [1.807, 2.05) is 6.92 Å². The monoisotopic (exact) mass is 490 g/mol. The summed E-state index contributed by atoms with van der Waals surface area (Å²) in [6, 6.07) is 0. The van der Waals surface area contributed by atoms with Crippen LogP contribution in [-0.4, -0.2) is 45.2 Å². The molecule has 0 aromatic rings. The molecule has 5 nitrogen and oxygen atoms in total. The van der Waals surface area contributed by atoms with Crippen molar-refractivity contribution in [3.8, 4) is 0 Å². The molecule has 5 rings (SSSR count). The molecule has 5 saturated carbocycles. The first kappa shape index (κ1) is 26.0. The van der Waals surface area contributed by atoms with Crippen LogP contribution in [0.25, 0.3) is 0 Å². The maximum Gasteiger partial charge on any atom is 0.309 e. The highest BCUT2D eigenvalue weighted by atomic mass is 16.4. The van der Waals surface area contributed by atoms with Crippen LogP contribution < -0.4 is 0 Å². The van der Waals surface area contributed by atoms with E-state index in [1.54, 1.807) is 0 Å². The average molecular weight is 491 g/mol. The van der Waals surface area contributed by atoms with Gasteiger partial charge in [-0.3, -0.25) is 4.79 Å². The zero-order valence-electron chi connectivity index (χ0n) is 22.9. The van der Waals surface area contributed by atoms with Crippen LogP contribution in [0.1, 0.15) is 99.3 Å². The molecule has 4 N–H and O–H groups in total. The van der Waals surface area contributed by atoms with Crippen molar-refractivity contribution in [2.24, 2.45) is 62.6 Å². The van der Waals surface area contributed by atoms with Crippen molar-refractivity contribution >= 4 is 5.97 Å². The largest absolute Gasteiger partial charge is 0.481 e. The van der Waals surface area contributed by atoms with Crippen molar-refractivity contribution in [3.63, 3.8) is 0 Å². The van der Waals surface area contributed by atoms with Gasteiger partial charge >= 0.3 is 5.97 Å². The van der Waals surface area contributed by atoms with E-state index < -0.39 is 29.0 Å². The van der Waals surface area contributed by atoms with Gasteiger partial charge in [-0.2, -0.15) is 0 Å². The standard InChI is InChI=1S/C30H50O5/c1-17-9-12-30(25(34)35)14-13-28(5)19(23(30)18(17)2)7-8-22-26(3)15-20(32)24(33)27(4,16-31)21(26)10-11-29(22,28)6/h17-24,31-33H,7-16H2,1-6H3,(H,34,35)/t17-,18+,19?,20-,21?,22?,23?,24+,26+,27+,28-,29-,30+/m1/s1. The summed E-state index contributed by atoms with van der Waals surface area (Å²) < 4.78 is 0. The molecular weight excluding hydrogens is 440 g/mol. The molecule has 0 heterocycles. The summed E-state index contributed by atoms with van der Waals surface area (Å²) in [5, 5.41) is 42.9. The van der Waals surface area contributed by atoms with E-state index in [2.05, 4.69) is 34.6 Å². The van der Waals surface area contributed by atoms with Crippen LogP contribution >= 0.6 is 0 Å². The lowest BCUT2D eigenvalue weighted by atomic mass is 9.31. The third-order valence-electron chi connectivity index (χ3n) is 14.1. The van der Waals surface area contributed by atoms with Gasteiger partial charge in [-0.15, -0.1) is 0 Å². The van der Waals surface area contributed by atoms with Crippen LogP contribution in [-0.2, 0) is 4.79 Å². The van der Waals surface area contributed by atoms with E-state index in [0.29, 0.717) is 30.1 Å². The second-order valence-corrected chi connectivity index (χ2v) is 14.9. The smallest absolute Gasteiger partial charge is 0.309 e. The van der Waals surface area contributed by atoms with Crippen LogP contribution in [0, 0.1) is 62.6 Å². The van der Waals surface area contributed by atoms with Gasteiger partial charge in [0.05, 0.1) is 24.2 Å². The molecule has 5 fully saturated rings. The van der Waals surface area contributed by atoms with Crippen molar-refractivity contribution < 1.29 is 25.2 Å². The van der Waals surface area contributed by atoms with Crippen LogP contribution in [0.2, 0.25) is 0 Å². The summed E-state index contributed by atoms with van der Waals surface area (Å²) in [6.45, 7) is 13.8. The topological polar surface area (TPSA) is 98.0 Å². The third kappa shape index (κ3) is 3.01. The molecule has 0 aliphatic heterocycles.